The van der Waals surface area contributed by atoms with Crippen LogP contribution in [0.5, 0.6) is 0 Å². The van der Waals surface area contributed by atoms with E-state index in [9.17, 15) is 14.4 Å². The molecule has 0 radical (unpaired) electrons. The third-order valence-corrected chi connectivity index (χ3v) is 7.22. The summed E-state index contributed by atoms with van der Waals surface area (Å²) in [4.78, 5) is 42.0. The van der Waals surface area contributed by atoms with Crippen LogP contribution < -0.4 is 5.32 Å². The Kier molecular flexibility index (Phi) is 5.42. The van der Waals surface area contributed by atoms with Crippen molar-refractivity contribution in [1.29, 1.82) is 0 Å². The number of carbonyl (C=O) groups excluding carboxylic acids is 3. The van der Waals surface area contributed by atoms with Crippen molar-refractivity contribution in [1.82, 2.24) is 15.1 Å². The van der Waals surface area contributed by atoms with Crippen LogP contribution >= 0.6 is 0 Å². The van der Waals surface area contributed by atoms with Crippen LogP contribution in [-0.2, 0) is 9.59 Å². The molecular weight excluding hydrogens is 342 g/mol. The van der Waals surface area contributed by atoms with Gasteiger partial charge < -0.3 is 10.2 Å². The quantitative estimate of drug-likeness (QED) is 0.766. The van der Waals surface area contributed by atoms with E-state index in [-0.39, 0.29) is 36.5 Å². The normalized spacial score (nSPS) is 26.6. The molecular formula is C21H33N3O3. The standard InChI is InChI=1S/C21H33N3O3/c25-18(15-23-19(26)21(22-20(23)27)13-7-8-14-21)24(16-9-3-1-4-10-16)17-11-5-2-6-12-17/h16-17H,1-15H2,(H,22,27). The Morgan fingerprint density at radius 3 is 1.93 bits per heavy atom. The average molecular weight is 376 g/mol. The van der Waals surface area contributed by atoms with E-state index < -0.39 is 5.54 Å². The van der Waals surface area contributed by atoms with Gasteiger partial charge in [-0.1, -0.05) is 51.4 Å². The first kappa shape index (κ1) is 18.8. The summed E-state index contributed by atoms with van der Waals surface area (Å²) in [5.41, 5.74) is -0.724. The third kappa shape index (κ3) is 3.59. The first-order chi connectivity index (χ1) is 13.1. The summed E-state index contributed by atoms with van der Waals surface area (Å²) < 4.78 is 0. The van der Waals surface area contributed by atoms with Crippen LogP contribution in [0.2, 0.25) is 0 Å². The van der Waals surface area contributed by atoms with Crippen molar-refractivity contribution in [2.45, 2.75) is 108 Å². The molecule has 1 N–H and O–H groups in total. The lowest BCUT2D eigenvalue weighted by molar-refractivity contribution is -0.143. The number of carbonyl (C=O) groups is 3. The van der Waals surface area contributed by atoms with Crippen molar-refractivity contribution < 1.29 is 14.4 Å². The molecule has 4 rings (SSSR count). The third-order valence-electron chi connectivity index (χ3n) is 7.22. The molecule has 1 aliphatic heterocycles. The van der Waals surface area contributed by atoms with Crippen LogP contribution in [-0.4, -0.2) is 51.8 Å². The molecule has 4 amide bonds. The molecule has 0 aromatic rings. The second kappa shape index (κ2) is 7.80. The largest absolute Gasteiger partial charge is 0.335 e. The number of hydrogen-bond donors (Lipinski definition) is 1. The number of nitrogens with one attached hydrogen (secondary N) is 1. The molecule has 6 heteroatoms. The highest BCUT2D eigenvalue weighted by Gasteiger charge is 2.53. The molecule has 4 fully saturated rings. The minimum Gasteiger partial charge on any atom is -0.335 e. The molecule has 0 aromatic carbocycles. The van der Waals surface area contributed by atoms with E-state index in [0.29, 0.717) is 12.8 Å². The number of urea groups is 1. The molecule has 0 atom stereocenters. The predicted molar refractivity (Wildman–Crippen MR) is 102 cm³/mol. The second-order valence-corrected chi connectivity index (χ2v) is 9.00. The first-order valence-electron chi connectivity index (χ1n) is 11.1. The lowest BCUT2D eigenvalue weighted by atomic mass is 9.88. The van der Waals surface area contributed by atoms with Crippen LogP contribution in [0.4, 0.5) is 4.79 Å². The summed E-state index contributed by atoms with van der Waals surface area (Å²) in [5.74, 6) is -0.196. The summed E-state index contributed by atoms with van der Waals surface area (Å²) >= 11 is 0. The van der Waals surface area contributed by atoms with Crippen LogP contribution in [0.15, 0.2) is 0 Å². The Morgan fingerprint density at radius 1 is 0.889 bits per heavy atom. The molecule has 6 nitrogen and oxygen atoms in total. The number of rotatable bonds is 4. The fourth-order valence-electron chi connectivity index (χ4n) is 5.78. The minimum absolute atomic E-state index is 0.0210. The summed E-state index contributed by atoms with van der Waals surface area (Å²) in [6.07, 6.45) is 14.8. The van der Waals surface area contributed by atoms with Crippen LogP contribution in [0.25, 0.3) is 0 Å². The Balaban J connectivity index is 1.49. The number of amides is 4. The zero-order chi connectivity index (χ0) is 18.9. The molecule has 1 heterocycles. The highest BCUT2D eigenvalue weighted by Crippen LogP contribution is 2.35. The lowest BCUT2D eigenvalue weighted by Gasteiger charge is -2.42. The van der Waals surface area contributed by atoms with Gasteiger partial charge in [-0.3, -0.25) is 14.5 Å². The van der Waals surface area contributed by atoms with Crippen molar-refractivity contribution in [3.05, 3.63) is 0 Å². The Morgan fingerprint density at radius 2 is 1.41 bits per heavy atom. The number of imide groups is 1. The molecule has 3 saturated carbocycles. The van der Waals surface area contributed by atoms with Gasteiger partial charge in [-0.05, 0) is 38.5 Å². The molecule has 0 bridgehead atoms. The van der Waals surface area contributed by atoms with Crippen LogP contribution in [0.3, 0.4) is 0 Å². The van der Waals surface area contributed by atoms with Gasteiger partial charge in [0.1, 0.15) is 12.1 Å². The van der Waals surface area contributed by atoms with Crippen molar-refractivity contribution in [2.24, 2.45) is 0 Å². The molecule has 4 aliphatic rings. The van der Waals surface area contributed by atoms with Crippen LogP contribution in [0.1, 0.15) is 89.9 Å². The van der Waals surface area contributed by atoms with E-state index in [4.69, 9.17) is 0 Å². The molecule has 27 heavy (non-hydrogen) atoms. The SMILES string of the molecule is O=C1NC2(CCCC2)C(=O)N1CC(=O)N(C1CCCCC1)C1CCCCC1. The van der Waals surface area contributed by atoms with Crippen molar-refractivity contribution in [2.75, 3.05) is 6.54 Å². The fourth-order valence-corrected chi connectivity index (χ4v) is 5.78. The first-order valence-corrected chi connectivity index (χ1v) is 11.1. The smallest absolute Gasteiger partial charge is 0.325 e. The van der Waals surface area contributed by atoms with Gasteiger partial charge in [0, 0.05) is 12.1 Å². The lowest BCUT2D eigenvalue weighted by Crippen LogP contribution is -2.53. The zero-order valence-corrected chi connectivity index (χ0v) is 16.4. The van der Waals surface area contributed by atoms with Gasteiger partial charge in [0.05, 0.1) is 0 Å². The number of hydrogen-bond acceptors (Lipinski definition) is 3. The van der Waals surface area contributed by atoms with E-state index in [1.807, 2.05) is 0 Å². The Hall–Kier alpha value is -1.59. The van der Waals surface area contributed by atoms with Crippen LogP contribution in [0, 0.1) is 0 Å². The fraction of sp³-hybridized carbons (Fsp3) is 0.857. The highest BCUT2D eigenvalue weighted by molar-refractivity contribution is 6.09. The summed E-state index contributed by atoms with van der Waals surface area (Å²) in [6, 6.07) is 0.202. The van der Waals surface area contributed by atoms with E-state index in [0.717, 1.165) is 38.5 Å². The minimum atomic E-state index is -0.724. The molecule has 0 unspecified atom stereocenters. The predicted octanol–water partition coefficient (Wildman–Crippen LogP) is 3.35. The van der Waals surface area contributed by atoms with Gasteiger partial charge >= 0.3 is 6.03 Å². The average Bonchev–Trinajstić information content (AvgIpc) is 3.25. The molecule has 1 saturated heterocycles. The van der Waals surface area contributed by atoms with Gasteiger partial charge in [0.25, 0.3) is 5.91 Å². The summed E-state index contributed by atoms with van der Waals surface area (Å²) in [6.45, 7) is -0.0839. The van der Waals surface area contributed by atoms with Crippen molar-refractivity contribution >= 4 is 17.8 Å². The maximum atomic E-state index is 13.3. The summed E-state index contributed by atoms with van der Waals surface area (Å²) in [7, 11) is 0. The zero-order valence-electron chi connectivity index (χ0n) is 16.4. The van der Waals surface area contributed by atoms with Gasteiger partial charge in [0.2, 0.25) is 5.91 Å². The van der Waals surface area contributed by atoms with E-state index in [2.05, 4.69) is 10.2 Å². The van der Waals surface area contributed by atoms with Gasteiger partial charge in [0.15, 0.2) is 0 Å². The Bertz CT molecular complexity index is 569. The molecule has 150 valence electrons. The number of nitrogens with zero attached hydrogens (tertiary/aromatic N) is 2. The van der Waals surface area contributed by atoms with Crippen molar-refractivity contribution in [3.63, 3.8) is 0 Å². The van der Waals surface area contributed by atoms with E-state index in [1.54, 1.807) is 0 Å². The van der Waals surface area contributed by atoms with E-state index in [1.165, 1.54) is 43.4 Å². The Labute approximate surface area is 162 Å². The summed E-state index contributed by atoms with van der Waals surface area (Å²) in [5, 5.41) is 2.90. The van der Waals surface area contributed by atoms with Gasteiger partial charge in [-0.25, -0.2) is 4.79 Å². The second-order valence-electron chi connectivity index (χ2n) is 9.00. The molecule has 0 aromatic heterocycles. The topological polar surface area (TPSA) is 69.7 Å². The van der Waals surface area contributed by atoms with E-state index >= 15 is 0 Å². The van der Waals surface area contributed by atoms with Gasteiger partial charge in [-0.15, -0.1) is 0 Å². The molecule has 3 aliphatic carbocycles. The van der Waals surface area contributed by atoms with Crippen molar-refractivity contribution in [3.8, 4) is 0 Å². The maximum Gasteiger partial charge on any atom is 0.325 e. The maximum absolute atomic E-state index is 13.3. The monoisotopic (exact) mass is 375 g/mol. The highest BCUT2D eigenvalue weighted by atomic mass is 16.2. The molecule has 1 spiro atoms. The van der Waals surface area contributed by atoms with Gasteiger partial charge in [-0.2, -0.15) is 0 Å².